The van der Waals surface area contributed by atoms with Crippen LogP contribution in [0, 0.1) is 22.7 Å². The molecule has 4 aliphatic rings. The molecule has 0 aromatic heterocycles. The van der Waals surface area contributed by atoms with Crippen molar-refractivity contribution in [3.8, 4) is 11.5 Å². The highest BCUT2D eigenvalue weighted by molar-refractivity contribution is 6.00. The summed E-state index contributed by atoms with van der Waals surface area (Å²) >= 11 is 0. The molecule has 1 amide bonds. The van der Waals surface area contributed by atoms with Gasteiger partial charge in [-0.1, -0.05) is 13.0 Å². The van der Waals surface area contributed by atoms with Gasteiger partial charge in [-0.05, 0) is 67.6 Å². The number of ketones is 1. The van der Waals surface area contributed by atoms with Crippen LogP contribution in [-0.4, -0.2) is 44.2 Å². The van der Waals surface area contributed by atoms with Crippen LogP contribution in [0.25, 0.3) is 0 Å². The molecule has 5 rings (SSSR count). The van der Waals surface area contributed by atoms with Crippen molar-refractivity contribution in [1.29, 1.82) is 0 Å². The Labute approximate surface area is 179 Å². The van der Waals surface area contributed by atoms with Gasteiger partial charge in [-0.25, -0.2) is 4.79 Å². The molecule has 1 aromatic rings. The zero-order chi connectivity index (χ0) is 22.6. The molecule has 1 aromatic carbocycles. The lowest BCUT2D eigenvalue weighted by Crippen LogP contribution is -2.57. The molecule has 0 aliphatic heterocycles. The van der Waals surface area contributed by atoms with E-state index in [1.54, 1.807) is 6.08 Å². The quantitative estimate of drug-likeness (QED) is 0.453. The Morgan fingerprint density at radius 1 is 1.26 bits per heavy atom. The van der Waals surface area contributed by atoms with E-state index in [0.717, 1.165) is 31.4 Å². The number of phenols is 2. The summed E-state index contributed by atoms with van der Waals surface area (Å²) in [5, 5.41) is 42.0. The minimum absolute atomic E-state index is 0.0310. The summed E-state index contributed by atoms with van der Waals surface area (Å²) in [5.41, 5.74) is -1.77. The van der Waals surface area contributed by atoms with E-state index in [2.05, 4.69) is 5.32 Å². The summed E-state index contributed by atoms with van der Waals surface area (Å²) in [6, 6.07) is 2.13. The van der Waals surface area contributed by atoms with Crippen LogP contribution in [0.4, 0.5) is 5.69 Å². The Bertz CT molecular complexity index is 986. The fraction of sp³-hybridized carbons (Fsp3) is 0.522. The summed E-state index contributed by atoms with van der Waals surface area (Å²) in [6.45, 7) is 1.88. The molecule has 1 unspecified atom stereocenters. The number of carboxylic acids is 1. The van der Waals surface area contributed by atoms with E-state index in [-0.39, 0.29) is 47.7 Å². The number of aliphatic hydroxyl groups excluding tert-OH is 1. The minimum Gasteiger partial charge on any atom is -0.506 e. The first kappa shape index (κ1) is 21.4. The second-order valence-electron chi connectivity index (χ2n) is 9.42. The van der Waals surface area contributed by atoms with Crippen LogP contribution in [-0.2, 0) is 9.59 Å². The van der Waals surface area contributed by atoms with Crippen LogP contribution in [0.5, 0.6) is 11.5 Å². The molecule has 0 heterocycles. The van der Waals surface area contributed by atoms with Crippen LogP contribution in [0.15, 0.2) is 24.3 Å². The van der Waals surface area contributed by atoms with Crippen molar-refractivity contribution >= 4 is 23.3 Å². The average Bonchev–Trinajstić information content (AvgIpc) is 2.72. The van der Waals surface area contributed by atoms with Crippen molar-refractivity contribution in [3.05, 3.63) is 29.8 Å². The first-order valence-corrected chi connectivity index (χ1v) is 10.6. The second kappa shape index (κ2) is 7.37. The number of hydrogen-bond acceptors (Lipinski definition) is 6. The standard InChI is InChI=1S/C23H27NO7/c1-22(16-10-12-4-8-23(16,11-15(12)26)9-5-17(22)27)7-6-18(28)24-19-14(25)3-2-13(20(19)29)21(30)31/h2-3,5,9,12,15-16,25-26,29H,4,6-8,10-11H2,1H3,(H,24,28)(H,30,31)/t12-,15?,16-,22-,23+/m0/s1. The number of benzene rings is 1. The van der Waals surface area contributed by atoms with Gasteiger partial charge in [0.15, 0.2) is 11.5 Å². The molecular weight excluding hydrogens is 402 g/mol. The fourth-order valence-corrected chi connectivity index (χ4v) is 5.95. The molecule has 2 bridgehead atoms. The maximum atomic E-state index is 12.9. The first-order valence-electron chi connectivity index (χ1n) is 10.6. The molecule has 0 saturated heterocycles. The highest BCUT2D eigenvalue weighted by Crippen LogP contribution is 2.63. The van der Waals surface area contributed by atoms with E-state index in [9.17, 15) is 29.7 Å². The second-order valence-corrected chi connectivity index (χ2v) is 9.42. The van der Waals surface area contributed by atoms with Crippen LogP contribution in [0.2, 0.25) is 0 Å². The van der Waals surface area contributed by atoms with Gasteiger partial charge in [0, 0.05) is 11.8 Å². The lowest BCUT2D eigenvalue weighted by molar-refractivity contribution is -0.148. The fourth-order valence-electron chi connectivity index (χ4n) is 5.95. The molecule has 0 radical (unpaired) electrons. The number of allylic oxidation sites excluding steroid dienone is 2. The van der Waals surface area contributed by atoms with Crippen molar-refractivity contribution < 1.29 is 34.8 Å². The first-order chi connectivity index (χ1) is 14.6. The molecule has 4 aliphatic carbocycles. The highest BCUT2D eigenvalue weighted by Gasteiger charge is 2.59. The van der Waals surface area contributed by atoms with Crippen LogP contribution < -0.4 is 5.32 Å². The van der Waals surface area contributed by atoms with Gasteiger partial charge in [0.25, 0.3) is 0 Å². The number of carboxylic acid groups (broad SMARTS) is 1. The Hall–Kier alpha value is -2.87. The Morgan fingerprint density at radius 2 is 2.00 bits per heavy atom. The number of aromatic hydroxyl groups is 2. The normalized spacial score (nSPS) is 33.7. The van der Waals surface area contributed by atoms with Gasteiger partial charge in [0.1, 0.15) is 17.0 Å². The predicted molar refractivity (Wildman–Crippen MR) is 111 cm³/mol. The van der Waals surface area contributed by atoms with Crippen molar-refractivity contribution in [2.45, 2.75) is 51.6 Å². The molecule has 5 N–H and O–H groups in total. The third-order valence-corrected chi connectivity index (χ3v) is 7.77. The van der Waals surface area contributed by atoms with Crippen molar-refractivity contribution in [2.24, 2.45) is 22.7 Å². The molecule has 5 atom stereocenters. The van der Waals surface area contributed by atoms with E-state index in [1.807, 2.05) is 13.0 Å². The summed E-state index contributed by atoms with van der Waals surface area (Å²) in [4.78, 5) is 36.7. The van der Waals surface area contributed by atoms with Gasteiger partial charge in [-0.2, -0.15) is 0 Å². The molecular formula is C23H27NO7. The third kappa shape index (κ3) is 3.39. The third-order valence-electron chi connectivity index (χ3n) is 7.77. The van der Waals surface area contributed by atoms with E-state index in [0.29, 0.717) is 6.42 Å². The number of carbonyl (C=O) groups excluding carboxylic acids is 2. The Balaban J connectivity index is 1.51. The van der Waals surface area contributed by atoms with E-state index < -0.39 is 34.4 Å². The SMILES string of the molecule is C[C@@]1(CCC(=O)Nc2c(O)ccc(C(=O)O)c2O)C(=O)C=C[C@@]23CC[C@@H](C[C@H]21)C(O)C3. The summed E-state index contributed by atoms with van der Waals surface area (Å²) in [6.07, 6.45) is 6.69. The van der Waals surface area contributed by atoms with Crippen LogP contribution >= 0.6 is 0 Å². The Morgan fingerprint density at radius 3 is 2.68 bits per heavy atom. The number of carbonyl (C=O) groups is 3. The number of hydrogen-bond donors (Lipinski definition) is 5. The number of anilines is 1. The lowest BCUT2D eigenvalue weighted by atomic mass is 9.45. The van der Waals surface area contributed by atoms with Gasteiger partial charge in [0.05, 0.1) is 6.10 Å². The maximum absolute atomic E-state index is 12.9. The van der Waals surface area contributed by atoms with Gasteiger partial charge in [0.2, 0.25) is 5.91 Å². The van der Waals surface area contributed by atoms with E-state index in [4.69, 9.17) is 5.11 Å². The number of nitrogens with one attached hydrogen (secondary N) is 1. The summed E-state index contributed by atoms with van der Waals surface area (Å²) < 4.78 is 0. The van der Waals surface area contributed by atoms with Gasteiger partial charge in [-0.15, -0.1) is 0 Å². The minimum atomic E-state index is -1.39. The molecule has 8 heteroatoms. The molecule has 3 saturated carbocycles. The van der Waals surface area contributed by atoms with Crippen molar-refractivity contribution in [2.75, 3.05) is 5.32 Å². The van der Waals surface area contributed by atoms with Crippen LogP contribution in [0.1, 0.15) is 55.8 Å². The number of aromatic carboxylic acids is 1. The van der Waals surface area contributed by atoms with Crippen LogP contribution in [0.3, 0.4) is 0 Å². The zero-order valence-electron chi connectivity index (χ0n) is 17.3. The summed E-state index contributed by atoms with van der Waals surface area (Å²) in [5.74, 6) is -2.91. The topological polar surface area (TPSA) is 144 Å². The number of rotatable bonds is 5. The van der Waals surface area contributed by atoms with Gasteiger partial charge in [-0.3, -0.25) is 9.59 Å². The zero-order valence-corrected chi connectivity index (χ0v) is 17.3. The largest absolute Gasteiger partial charge is 0.506 e. The lowest BCUT2D eigenvalue weighted by Gasteiger charge is -2.59. The molecule has 31 heavy (non-hydrogen) atoms. The van der Waals surface area contributed by atoms with E-state index in [1.165, 1.54) is 0 Å². The molecule has 8 nitrogen and oxygen atoms in total. The van der Waals surface area contributed by atoms with Gasteiger partial charge < -0.3 is 25.7 Å². The number of fused-ring (bicyclic) bond motifs is 2. The number of amides is 1. The van der Waals surface area contributed by atoms with Gasteiger partial charge >= 0.3 is 5.97 Å². The smallest absolute Gasteiger partial charge is 0.339 e. The average molecular weight is 429 g/mol. The number of phenolic OH excluding ortho intramolecular Hbond substituents is 1. The summed E-state index contributed by atoms with van der Waals surface area (Å²) in [7, 11) is 0. The maximum Gasteiger partial charge on any atom is 0.339 e. The number of aliphatic hydroxyl groups is 1. The monoisotopic (exact) mass is 429 g/mol. The van der Waals surface area contributed by atoms with Crippen molar-refractivity contribution in [1.82, 2.24) is 0 Å². The molecule has 1 spiro atoms. The molecule has 166 valence electrons. The Kier molecular flexibility index (Phi) is 5.08. The van der Waals surface area contributed by atoms with E-state index >= 15 is 0 Å². The predicted octanol–water partition coefficient (Wildman–Crippen LogP) is 2.83. The molecule has 3 fully saturated rings. The highest BCUT2D eigenvalue weighted by atomic mass is 16.4. The van der Waals surface area contributed by atoms with Crippen molar-refractivity contribution in [3.63, 3.8) is 0 Å².